The van der Waals surface area contributed by atoms with Crippen molar-refractivity contribution in [1.29, 1.82) is 0 Å². The molecule has 0 aliphatic rings. The Hall–Kier alpha value is -2.14. The van der Waals surface area contributed by atoms with Crippen LogP contribution in [0, 0.1) is 6.92 Å². The second-order valence-electron chi connectivity index (χ2n) is 4.56. The van der Waals surface area contributed by atoms with E-state index in [9.17, 15) is 0 Å². The van der Waals surface area contributed by atoms with Crippen LogP contribution in [0.15, 0.2) is 47.2 Å². The smallest absolute Gasteiger partial charge is 0.0746 e. The summed E-state index contributed by atoms with van der Waals surface area (Å²) in [7, 11) is 0. The number of pyridine rings is 2. The van der Waals surface area contributed by atoms with E-state index in [2.05, 4.69) is 31.2 Å². The number of halogens is 1. The van der Waals surface area contributed by atoms with Gasteiger partial charge in [-0.05, 0) is 37.3 Å². The van der Waals surface area contributed by atoms with Gasteiger partial charge in [-0.1, -0.05) is 15.9 Å². The van der Waals surface area contributed by atoms with E-state index in [0.29, 0.717) is 5.69 Å². The summed E-state index contributed by atoms with van der Waals surface area (Å²) in [5, 5.41) is 4.29. The Morgan fingerprint density at radius 3 is 2.70 bits per heavy atom. The van der Waals surface area contributed by atoms with Crippen molar-refractivity contribution < 1.29 is 0 Å². The summed E-state index contributed by atoms with van der Waals surface area (Å²) in [6.07, 6.45) is 3.46. The summed E-state index contributed by atoms with van der Waals surface area (Å²) >= 11 is 3.48. The maximum atomic E-state index is 6.05. The highest BCUT2D eigenvalue weighted by Crippen LogP contribution is 2.32. The fraction of sp³-hybridized carbons (Fsp3) is 0.0667. The molecule has 2 aromatic heterocycles. The first-order chi connectivity index (χ1) is 9.63. The van der Waals surface area contributed by atoms with Crippen molar-refractivity contribution in [3.63, 3.8) is 0 Å². The van der Waals surface area contributed by atoms with Gasteiger partial charge in [0.15, 0.2) is 0 Å². The molecule has 100 valence electrons. The number of anilines is 3. The van der Waals surface area contributed by atoms with Gasteiger partial charge < -0.3 is 11.1 Å². The van der Waals surface area contributed by atoms with Crippen LogP contribution in [0.25, 0.3) is 10.9 Å². The minimum atomic E-state index is 0.608. The zero-order chi connectivity index (χ0) is 14.1. The van der Waals surface area contributed by atoms with E-state index in [1.807, 2.05) is 37.3 Å². The van der Waals surface area contributed by atoms with Gasteiger partial charge in [-0.2, -0.15) is 0 Å². The van der Waals surface area contributed by atoms with E-state index >= 15 is 0 Å². The molecular formula is C15H13BrN4. The molecule has 0 saturated carbocycles. The molecule has 2 heterocycles. The van der Waals surface area contributed by atoms with Crippen LogP contribution in [-0.2, 0) is 0 Å². The molecule has 5 heteroatoms. The van der Waals surface area contributed by atoms with Crippen molar-refractivity contribution in [2.24, 2.45) is 0 Å². The van der Waals surface area contributed by atoms with Gasteiger partial charge in [0.05, 0.1) is 35.0 Å². The van der Waals surface area contributed by atoms with Gasteiger partial charge >= 0.3 is 0 Å². The number of benzene rings is 1. The van der Waals surface area contributed by atoms with Crippen LogP contribution in [0.3, 0.4) is 0 Å². The molecule has 3 aromatic rings. The second kappa shape index (κ2) is 5.09. The summed E-state index contributed by atoms with van der Waals surface area (Å²) in [5.41, 5.74) is 10.3. The van der Waals surface area contributed by atoms with E-state index in [1.54, 1.807) is 12.4 Å². The molecular weight excluding hydrogens is 316 g/mol. The highest BCUT2D eigenvalue weighted by Gasteiger charge is 2.08. The molecule has 0 amide bonds. The van der Waals surface area contributed by atoms with Crippen LogP contribution in [0.2, 0.25) is 0 Å². The zero-order valence-corrected chi connectivity index (χ0v) is 12.5. The molecule has 0 aliphatic carbocycles. The number of fused-ring (bicyclic) bond motifs is 1. The van der Waals surface area contributed by atoms with Crippen LogP contribution in [0.1, 0.15) is 5.69 Å². The van der Waals surface area contributed by atoms with Crippen LogP contribution < -0.4 is 11.1 Å². The van der Waals surface area contributed by atoms with Crippen molar-refractivity contribution in [2.75, 3.05) is 11.1 Å². The molecule has 0 unspecified atom stereocenters. The number of nitrogens with two attached hydrogens (primary N) is 1. The molecule has 1 aromatic carbocycles. The molecule has 3 rings (SSSR count). The number of rotatable bonds is 2. The van der Waals surface area contributed by atoms with Crippen LogP contribution in [0.4, 0.5) is 17.1 Å². The maximum Gasteiger partial charge on any atom is 0.0746 e. The molecule has 0 radical (unpaired) electrons. The highest BCUT2D eigenvalue weighted by atomic mass is 79.9. The molecule has 0 fully saturated rings. The van der Waals surface area contributed by atoms with Gasteiger partial charge in [0.2, 0.25) is 0 Å². The third-order valence-corrected chi connectivity index (χ3v) is 3.53. The molecule has 4 nitrogen and oxygen atoms in total. The van der Waals surface area contributed by atoms with E-state index in [4.69, 9.17) is 5.73 Å². The Morgan fingerprint density at radius 2 is 1.95 bits per heavy atom. The summed E-state index contributed by atoms with van der Waals surface area (Å²) in [6.45, 7) is 1.96. The Balaban J connectivity index is 2.12. The summed E-state index contributed by atoms with van der Waals surface area (Å²) in [4.78, 5) is 8.61. The second-order valence-corrected chi connectivity index (χ2v) is 5.48. The highest BCUT2D eigenvalue weighted by molar-refractivity contribution is 9.10. The number of hydrogen-bond donors (Lipinski definition) is 2. The van der Waals surface area contributed by atoms with Crippen LogP contribution in [0.5, 0.6) is 0 Å². The first kappa shape index (κ1) is 12.9. The van der Waals surface area contributed by atoms with Crippen molar-refractivity contribution in [1.82, 2.24) is 9.97 Å². The van der Waals surface area contributed by atoms with Gasteiger partial charge in [0, 0.05) is 15.6 Å². The SMILES string of the molecule is Cc1ccc(Nc2c(N)cnc3ccc(Br)cc23)cn1. The van der Waals surface area contributed by atoms with Gasteiger partial charge in [0.1, 0.15) is 0 Å². The number of aryl methyl sites for hydroxylation is 1. The lowest BCUT2D eigenvalue weighted by molar-refractivity contribution is 1.20. The van der Waals surface area contributed by atoms with Crippen molar-refractivity contribution in [2.45, 2.75) is 6.92 Å². The Kier molecular flexibility index (Phi) is 3.28. The summed E-state index contributed by atoms with van der Waals surface area (Å²) in [5.74, 6) is 0. The van der Waals surface area contributed by atoms with Gasteiger partial charge in [0.25, 0.3) is 0 Å². The average molecular weight is 329 g/mol. The predicted octanol–water partition coefficient (Wildman–Crippen LogP) is 4.03. The predicted molar refractivity (Wildman–Crippen MR) is 86.1 cm³/mol. The van der Waals surface area contributed by atoms with E-state index in [0.717, 1.165) is 32.4 Å². The number of nitrogen functional groups attached to an aromatic ring is 1. The fourth-order valence-electron chi connectivity index (χ4n) is 2.01. The molecule has 0 spiro atoms. The molecule has 0 atom stereocenters. The monoisotopic (exact) mass is 328 g/mol. The van der Waals surface area contributed by atoms with E-state index < -0.39 is 0 Å². The van der Waals surface area contributed by atoms with Crippen molar-refractivity contribution in [3.05, 3.63) is 52.9 Å². The average Bonchev–Trinajstić information content (AvgIpc) is 2.44. The number of aromatic nitrogens is 2. The van der Waals surface area contributed by atoms with E-state index in [-0.39, 0.29) is 0 Å². The van der Waals surface area contributed by atoms with Crippen LogP contribution >= 0.6 is 15.9 Å². The van der Waals surface area contributed by atoms with Crippen LogP contribution in [-0.4, -0.2) is 9.97 Å². The molecule has 0 saturated heterocycles. The Morgan fingerprint density at radius 1 is 1.10 bits per heavy atom. The first-order valence-electron chi connectivity index (χ1n) is 6.17. The lowest BCUT2D eigenvalue weighted by Gasteiger charge is -2.12. The third-order valence-electron chi connectivity index (χ3n) is 3.04. The standard InChI is InChI=1S/C15H13BrN4/c1-9-2-4-11(7-18-9)20-15-12-6-10(16)3-5-14(12)19-8-13(15)17/h2-8H,17H2,1H3,(H,19,20). The van der Waals surface area contributed by atoms with E-state index in [1.165, 1.54) is 0 Å². The molecule has 0 aliphatic heterocycles. The molecule has 3 N–H and O–H groups in total. The van der Waals surface area contributed by atoms with Gasteiger partial charge in [-0.3, -0.25) is 9.97 Å². The number of nitrogens with one attached hydrogen (secondary N) is 1. The van der Waals surface area contributed by atoms with Crippen molar-refractivity contribution in [3.8, 4) is 0 Å². The minimum Gasteiger partial charge on any atom is -0.396 e. The molecule has 20 heavy (non-hydrogen) atoms. The van der Waals surface area contributed by atoms with Crippen molar-refractivity contribution >= 4 is 43.9 Å². The lowest BCUT2D eigenvalue weighted by Crippen LogP contribution is -1.99. The Labute approximate surface area is 125 Å². The van der Waals surface area contributed by atoms with Gasteiger partial charge in [-0.25, -0.2) is 0 Å². The lowest BCUT2D eigenvalue weighted by atomic mass is 10.1. The Bertz CT molecular complexity index is 763. The topological polar surface area (TPSA) is 63.8 Å². The third kappa shape index (κ3) is 2.44. The summed E-state index contributed by atoms with van der Waals surface area (Å²) in [6, 6.07) is 9.85. The maximum absolute atomic E-state index is 6.05. The first-order valence-corrected chi connectivity index (χ1v) is 6.96. The number of nitrogens with zero attached hydrogens (tertiary/aromatic N) is 2. The quantitative estimate of drug-likeness (QED) is 0.745. The summed E-state index contributed by atoms with van der Waals surface area (Å²) < 4.78 is 0.988. The number of hydrogen-bond acceptors (Lipinski definition) is 4. The minimum absolute atomic E-state index is 0.608. The normalized spacial score (nSPS) is 10.7. The molecule has 0 bridgehead atoms. The fourth-order valence-corrected chi connectivity index (χ4v) is 2.37. The van der Waals surface area contributed by atoms with Gasteiger partial charge in [-0.15, -0.1) is 0 Å². The largest absolute Gasteiger partial charge is 0.396 e. The zero-order valence-electron chi connectivity index (χ0n) is 10.9.